The molecule has 37 heavy (non-hydrogen) atoms. The molecular weight excluding hydrogens is 509 g/mol. The summed E-state index contributed by atoms with van der Waals surface area (Å²) < 4.78 is 69.6. The summed E-state index contributed by atoms with van der Waals surface area (Å²) in [5.74, 6) is -0.952. The zero-order valence-electron chi connectivity index (χ0n) is 20.1. The van der Waals surface area contributed by atoms with Gasteiger partial charge in [-0.15, -0.1) is 0 Å². The van der Waals surface area contributed by atoms with Gasteiger partial charge in [-0.05, 0) is 56.5 Å². The van der Waals surface area contributed by atoms with E-state index in [-0.39, 0.29) is 28.8 Å². The Kier molecular flexibility index (Phi) is 6.89. The van der Waals surface area contributed by atoms with Crippen molar-refractivity contribution in [3.63, 3.8) is 0 Å². The normalized spacial score (nSPS) is 18.5. The zero-order chi connectivity index (χ0) is 27.0. The maximum absolute atomic E-state index is 13.7. The molecule has 2 N–H and O–H groups in total. The highest BCUT2D eigenvalue weighted by atomic mass is 32.2. The Bertz CT molecular complexity index is 1450. The van der Waals surface area contributed by atoms with E-state index in [1.807, 2.05) is 0 Å². The number of aromatic nitrogens is 2. The van der Waals surface area contributed by atoms with Crippen LogP contribution in [0.2, 0.25) is 0 Å². The minimum Gasteiger partial charge on any atom is -0.481 e. The van der Waals surface area contributed by atoms with Crippen LogP contribution in [-0.2, 0) is 21.0 Å². The van der Waals surface area contributed by atoms with Gasteiger partial charge in [-0.25, -0.2) is 9.97 Å². The summed E-state index contributed by atoms with van der Waals surface area (Å²) in [6, 6.07) is 12.4. The monoisotopic (exact) mass is 534 g/mol. The van der Waals surface area contributed by atoms with Gasteiger partial charge in [0.2, 0.25) is 0 Å². The average Bonchev–Trinajstić information content (AvgIpc) is 2.83. The van der Waals surface area contributed by atoms with E-state index in [1.54, 1.807) is 43.0 Å². The number of carboxylic acids is 1. The minimum absolute atomic E-state index is 0.159. The van der Waals surface area contributed by atoms with Gasteiger partial charge in [0.25, 0.3) is 10.0 Å². The lowest BCUT2D eigenvalue weighted by molar-refractivity contribution is -0.148. The standard InChI is InChI=1S/C25H25F3N4O4S/c1-16-7-3-4-8-17(16)22-18(25(26,27)28)11-12-19(29-22)31-37(35,36)21-10-5-9-20(30-21)32-14-6-13-24(2,15-32)23(33)34/h3-5,7-12H,6,13-15H2,1-2H3,(H,29,31)(H,33,34)/t24-/m0/s1. The van der Waals surface area contributed by atoms with Crippen LogP contribution in [0.5, 0.6) is 0 Å². The van der Waals surface area contributed by atoms with Crippen molar-refractivity contribution in [3.05, 3.63) is 65.7 Å². The number of aliphatic carboxylic acids is 1. The molecule has 1 saturated heterocycles. The number of aryl methyl sites for hydroxylation is 1. The van der Waals surface area contributed by atoms with Crippen LogP contribution in [0.3, 0.4) is 0 Å². The smallest absolute Gasteiger partial charge is 0.418 e. The Hall–Kier alpha value is -3.67. The quantitative estimate of drug-likeness (QED) is 0.460. The van der Waals surface area contributed by atoms with Crippen LogP contribution in [0.15, 0.2) is 59.6 Å². The Morgan fingerprint density at radius 1 is 1.08 bits per heavy atom. The number of carbonyl (C=O) groups is 1. The number of nitrogens with one attached hydrogen (secondary N) is 1. The van der Waals surface area contributed by atoms with Crippen LogP contribution in [0, 0.1) is 12.3 Å². The van der Waals surface area contributed by atoms with Crippen LogP contribution < -0.4 is 9.62 Å². The number of pyridine rings is 2. The zero-order valence-corrected chi connectivity index (χ0v) is 20.9. The highest BCUT2D eigenvalue weighted by molar-refractivity contribution is 7.92. The van der Waals surface area contributed by atoms with Gasteiger partial charge in [0, 0.05) is 18.7 Å². The number of carboxylic acid groups (broad SMARTS) is 1. The largest absolute Gasteiger partial charge is 0.481 e. The summed E-state index contributed by atoms with van der Waals surface area (Å²) in [6.45, 7) is 3.94. The SMILES string of the molecule is Cc1ccccc1-c1nc(NS(=O)(=O)c2cccc(N3CCC[C@](C)(C(=O)O)C3)n2)ccc1C(F)(F)F. The minimum atomic E-state index is -4.70. The van der Waals surface area contributed by atoms with E-state index in [9.17, 15) is 31.5 Å². The van der Waals surface area contributed by atoms with Gasteiger partial charge < -0.3 is 10.0 Å². The second kappa shape index (κ2) is 9.66. The molecular formula is C25H25F3N4O4S. The fraction of sp³-hybridized carbons (Fsp3) is 0.320. The molecule has 0 saturated carbocycles. The number of alkyl halides is 3. The molecule has 0 unspecified atom stereocenters. The summed E-state index contributed by atoms with van der Waals surface area (Å²) in [4.78, 5) is 21.6. The second-order valence-corrected chi connectivity index (χ2v) is 10.9. The van der Waals surface area contributed by atoms with Gasteiger partial charge >= 0.3 is 12.1 Å². The predicted octanol–water partition coefficient (Wildman–Crippen LogP) is 4.96. The fourth-order valence-electron chi connectivity index (χ4n) is 4.32. The number of halogens is 3. The Morgan fingerprint density at radius 2 is 1.81 bits per heavy atom. The number of rotatable bonds is 6. The van der Waals surface area contributed by atoms with Crippen molar-refractivity contribution >= 4 is 27.6 Å². The molecule has 0 radical (unpaired) electrons. The van der Waals surface area contributed by atoms with Crippen molar-refractivity contribution in [2.24, 2.45) is 5.41 Å². The van der Waals surface area contributed by atoms with Crippen LogP contribution in [-0.4, -0.2) is 42.6 Å². The van der Waals surface area contributed by atoms with Crippen LogP contribution in [0.4, 0.5) is 24.8 Å². The third kappa shape index (κ3) is 5.53. The summed E-state index contributed by atoms with van der Waals surface area (Å²) >= 11 is 0. The first-order valence-corrected chi connectivity index (χ1v) is 12.9. The van der Waals surface area contributed by atoms with E-state index in [0.29, 0.717) is 24.9 Å². The summed E-state index contributed by atoms with van der Waals surface area (Å²) in [5.41, 5.74) is -1.61. The van der Waals surface area contributed by atoms with Gasteiger partial charge in [0.15, 0.2) is 5.03 Å². The molecule has 12 heteroatoms. The molecule has 1 aliphatic rings. The highest BCUT2D eigenvalue weighted by Gasteiger charge is 2.39. The Balaban J connectivity index is 1.67. The van der Waals surface area contributed by atoms with Crippen molar-refractivity contribution in [1.29, 1.82) is 0 Å². The van der Waals surface area contributed by atoms with Crippen molar-refractivity contribution < 1.29 is 31.5 Å². The molecule has 1 aromatic carbocycles. The van der Waals surface area contributed by atoms with Gasteiger partial charge in [0.05, 0.1) is 16.7 Å². The topological polar surface area (TPSA) is 112 Å². The first-order valence-electron chi connectivity index (χ1n) is 11.4. The molecule has 0 amide bonds. The molecule has 196 valence electrons. The summed E-state index contributed by atoms with van der Waals surface area (Å²) in [5, 5.41) is 9.20. The lowest BCUT2D eigenvalue weighted by atomic mass is 9.82. The van der Waals surface area contributed by atoms with E-state index in [2.05, 4.69) is 14.7 Å². The maximum Gasteiger partial charge on any atom is 0.418 e. The molecule has 1 fully saturated rings. The Labute approximate surface area is 212 Å². The van der Waals surface area contributed by atoms with E-state index in [1.165, 1.54) is 18.2 Å². The van der Waals surface area contributed by atoms with Crippen LogP contribution in [0.25, 0.3) is 11.3 Å². The Morgan fingerprint density at radius 3 is 2.49 bits per heavy atom. The molecule has 1 aliphatic heterocycles. The molecule has 0 aliphatic carbocycles. The summed E-state index contributed by atoms with van der Waals surface area (Å²) in [7, 11) is -4.32. The first kappa shape index (κ1) is 26.4. The number of benzene rings is 1. The molecule has 3 aromatic rings. The number of sulfonamides is 1. The summed E-state index contributed by atoms with van der Waals surface area (Å²) in [6.07, 6.45) is -3.62. The molecule has 1 atom stereocenters. The van der Waals surface area contributed by atoms with E-state index in [4.69, 9.17) is 0 Å². The van der Waals surface area contributed by atoms with E-state index < -0.39 is 38.8 Å². The van der Waals surface area contributed by atoms with Crippen molar-refractivity contribution in [3.8, 4) is 11.3 Å². The average molecular weight is 535 g/mol. The fourth-order valence-corrected chi connectivity index (χ4v) is 5.28. The molecule has 8 nitrogen and oxygen atoms in total. The second-order valence-electron chi connectivity index (χ2n) is 9.24. The number of hydrogen-bond donors (Lipinski definition) is 2. The van der Waals surface area contributed by atoms with Crippen molar-refractivity contribution in [2.45, 2.75) is 37.9 Å². The lowest BCUT2D eigenvalue weighted by Crippen LogP contribution is -2.46. The molecule has 3 heterocycles. The highest BCUT2D eigenvalue weighted by Crippen LogP contribution is 2.38. The third-order valence-electron chi connectivity index (χ3n) is 6.36. The first-order chi connectivity index (χ1) is 17.3. The lowest BCUT2D eigenvalue weighted by Gasteiger charge is -2.38. The van der Waals surface area contributed by atoms with Crippen LogP contribution in [0.1, 0.15) is 30.9 Å². The predicted molar refractivity (Wildman–Crippen MR) is 132 cm³/mol. The molecule has 0 bridgehead atoms. The molecule has 4 rings (SSSR count). The van der Waals surface area contributed by atoms with Crippen molar-refractivity contribution in [1.82, 2.24) is 9.97 Å². The van der Waals surface area contributed by atoms with Gasteiger partial charge in [-0.2, -0.15) is 21.6 Å². The van der Waals surface area contributed by atoms with Crippen LogP contribution >= 0.6 is 0 Å². The molecule has 0 spiro atoms. The van der Waals surface area contributed by atoms with Gasteiger partial charge in [-0.3, -0.25) is 9.52 Å². The van der Waals surface area contributed by atoms with Crippen molar-refractivity contribution in [2.75, 3.05) is 22.7 Å². The number of anilines is 2. The maximum atomic E-state index is 13.7. The number of piperidine rings is 1. The van der Waals surface area contributed by atoms with E-state index >= 15 is 0 Å². The van der Waals surface area contributed by atoms with E-state index in [0.717, 1.165) is 12.1 Å². The molecule has 2 aromatic heterocycles. The third-order valence-corrected chi connectivity index (χ3v) is 7.62. The number of hydrogen-bond acceptors (Lipinski definition) is 6. The number of nitrogens with zero attached hydrogens (tertiary/aromatic N) is 3. The van der Waals surface area contributed by atoms with Gasteiger partial charge in [-0.1, -0.05) is 30.3 Å². The van der Waals surface area contributed by atoms with Gasteiger partial charge in [0.1, 0.15) is 11.6 Å².